The van der Waals surface area contributed by atoms with Crippen LogP contribution in [0, 0.1) is 17.8 Å². The lowest BCUT2D eigenvalue weighted by molar-refractivity contribution is -0.316. The minimum atomic E-state index is -1.84. The summed E-state index contributed by atoms with van der Waals surface area (Å²) in [4.78, 5) is 16.2. The van der Waals surface area contributed by atoms with E-state index in [9.17, 15) is 30.3 Å². The minimum Gasteiger partial charge on any atom is -0.489 e. The number of esters is 1. The Labute approximate surface area is 304 Å². The van der Waals surface area contributed by atoms with Crippen molar-refractivity contribution >= 4 is 5.97 Å². The third kappa shape index (κ3) is 8.48. The van der Waals surface area contributed by atoms with E-state index in [1.54, 1.807) is 27.7 Å². The third-order valence-electron chi connectivity index (χ3n) is 12.2. The molecule has 0 radical (unpaired) electrons. The number of ether oxygens (including phenoxy) is 6. The number of carbonyl (C=O) groups is 1. The largest absolute Gasteiger partial charge is 0.489 e. The molecule has 5 N–H and O–H groups in total. The minimum absolute atomic E-state index is 0.0746. The molecule has 0 aliphatic carbocycles. The van der Waals surface area contributed by atoms with Gasteiger partial charge in [-0.05, 0) is 87.8 Å². The van der Waals surface area contributed by atoms with Gasteiger partial charge in [-0.25, -0.2) is 0 Å². The van der Waals surface area contributed by atoms with Crippen LogP contribution in [-0.4, -0.2) is 134 Å². The van der Waals surface area contributed by atoms with Crippen molar-refractivity contribution < 1.29 is 58.7 Å². The van der Waals surface area contributed by atoms with Crippen molar-refractivity contribution in [3.63, 3.8) is 0 Å². The Morgan fingerprint density at radius 2 is 1.59 bits per heavy atom. The molecule has 0 aromatic rings. The first-order valence-corrected chi connectivity index (χ1v) is 18.9. The van der Waals surface area contributed by atoms with E-state index in [1.807, 2.05) is 34.7 Å². The molecule has 0 amide bonds. The van der Waals surface area contributed by atoms with Crippen molar-refractivity contribution in [2.45, 2.75) is 199 Å². The average Bonchev–Trinajstić information content (AvgIpc) is 3.36. The van der Waals surface area contributed by atoms with Gasteiger partial charge in [-0.15, -0.1) is 0 Å². The zero-order chi connectivity index (χ0) is 38.5. The lowest BCUT2D eigenvalue weighted by atomic mass is 9.78. The molecule has 3 fully saturated rings. The molecular weight excluding hydrogens is 662 g/mol. The second-order valence-corrected chi connectivity index (χ2v) is 17.0. The summed E-state index contributed by atoms with van der Waals surface area (Å²) in [5.74, 6) is -2.47. The molecule has 0 unspecified atom stereocenters. The van der Waals surface area contributed by atoms with Crippen molar-refractivity contribution in [1.29, 1.82) is 0 Å². The number of hydrogen-bond acceptors (Lipinski definition) is 13. The van der Waals surface area contributed by atoms with E-state index in [2.05, 4.69) is 18.7 Å². The molecule has 4 aliphatic rings. The van der Waals surface area contributed by atoms with E-state index in [1.165, 1.54) is 13.8 Å². The summed E-state index contributed by atoms with van der Waals surface area (Å²) in [5.41, 5.74) is -3.61. The maximum absolute atomic E-state index is 14.1. The second kappa shape index (κ2) is 15.8. The Kier molecular flexibility index (Phi) is 13.1. The highest BCUT2D eigenvalue weighted by Crippen LogP contribution is 2.47. The number of fused-ring (bicyclic) bond motifs is 2. The second-order valence-electron chi connectivity index (χ2n) is 17.0. The Morgan fingerprint density at radius 1 is 0.961 bits per heavy atom. The smallest absolute Gasteiger partial charge is 0.311 e. The molecule has 0 spiro atoms. The summed E-state index contributed by atoms with van der Waals surface area (Å²) in [7, 11) is 1.97. The first-order chi connectivity index (χ1) is 23.5. The molecule has 2 bridgehead atoms. The summed E-state index contributed by atoms with van der Waals surface area (Å²) in [5, 5.41) is 56.9. The molecule has 3 saturated heterocycles. The fourth-order valence-corrected chi connectivity index (χ4v) is 8.81. The van der Waals surface area contributed by atoms with Crippen LogP contribution in [0.4, 0.5) is 0 Å². The van der Waals surface area contributed by atoms with E-state index in [-0.39, 0.29) is 31.0 Å². The molecule has 296 valence electrons. The topological polar surface area (TPSA) is 177 Å². The van der Waals surface area contributed by atoms with E-state index in [4.69, 9.17) is 28.4 Å². The summed E-state index contributed by atoms with van der Waals surface area (Å²) >= 11 is 0. The van der Waals surface area contributed by atoms with Crippen LogP contribution in [0.1, 0.15) is 109 Å². The van der Waals surface area contributed by atoms with Gasteiger partial charge >= 0.3 is 5.97 Å². The van der Waals surface area contributed by atoms with Gasteiger partial charge < -0.3 is 54.0 Å². The number of rotatable bonds is 7. The molecule has 4 rings (SSSR count). The monoisotopic (exact) mass is 729 g/mol. The van der Waals surface area contributed by atoms with Crippen molar-refractivity contribution in [2.24, 2.45) is 17.8 Å². The Hall–Kier alpha value is -1.39. The predicted molar refractivity (Wildman–Crippen MR) is 188 cm³/mol. The lowest BCUT2D eigenvalue weighted by Crippen LogP contribution is -2.60. The molecule has 13 heteroatoms. The van der Waals surface area contributed by atoms with Gasteiger partial charge in [0.15, 0.2) is 12.6 Å². The zero-order valence-corrected chi connectivity index (χ0v) is 33.0. The molecule has 0 aromatic heterocycles. The lowest BCUT2D eigenvalue weighted by Gasteiger charge is -2.48. The molecule has 4 heterocycles. The Balaban J connectivity index is 1.83. The number of likely N-dealkylation sites (N-methyl/N-ethyl adjacent to an activating group) is 1. The van der Waals surface area contributed by atoms with E-state index >= 15 is 0 Å². The van der Waals surface area contributed by atoms with Gasteiger partial charge in [0.1, 0.15) is 41.4 Å². The maximum atomic E-state index is 14.1. The van der Waals surface area contributed by atoms with Crippen LogP contribution in [-0.2, 0) is 33.2 Å². The molecule has 4 aliphatic heterocycles. The first kappa shape index (κ1) is 42.4. The van der Waals surface area contributed by atoms with Gasteiger partial charge in [0.2, 0.25) is 0 Å². The highest BCUT2D eigenvalue weighted by atomic mass is 16.7. The highest BCUT2D eigenvalue weighted by Gasteiger charge is 2.56. The fraction of sp³-hybridized carbons (Fsp3) is 0.921. The molecule has 17 atom stereocenters. The molecule has 51 heavy (non-hydrogen) atoms. The summed E-state index contributed by atoms with van der Waals surface area (Å²) < 4.78 is 38.7. The SMILES string of the molecule is CC[C@H]1OC(=O)[C@H](C)[C@@H](O[C@H]2C[C@@](C)(O)[C@@H](O)[C@H](C)O2)[C@H](C)[C@@H](O[C@@H]2O[C@H](C)C[C@H](N(C)C(C)C)[C@H]2O)[C@@]2(C)CC(C)=C(O2)[C@H](C)[C@@H](O)[C@]1(C)O. The van der Waals surface area contributed by atoms with Gasteiger partial charge in [-0.2, -0.15) is 0 Å². The number of hydrogen-bond donors (Lipinski definition) is 5. The Bertz CT molecular complexity index is 1240. The van der Waals surface area contributed by atoms with Gasteiger partial charge in [-0.3, -0.25) is 9.69 Å². The van der Waals surface area contributed by atoms with Crippen LogP contribution < -0.4 is 0 Å². The van der Waals surface area contributed by atoms with Crippen LogP contribution in [0.3, 0.4) is 0 Å². The van der Waals surface area contributed by atoms with Crippen molar-refractivity contribution in [2.75, 3.05) is 7.05 Å². The fourth-order valence-electron chi connectivity index (χ4n) is 8.81. The molecule has 13 nitrogen and oxygen atoms in total. The van der Waals surface area contributed by atoms with Gasteiger partial charge in [0.25, 0.3) is 0 Å². The normalized spacial score (nSPS) is 48.9. The predicted octanol–water partition coefficient (Wildman–Crippen LogP) is 3.02. The number of cyclic esters (lactones) is 1. The van der Waals surface area contributed by atoms with Crippen molar-refractivity contribution in [3.8, 4) is 0 Å². The highest BCUT2D eigenvalue weighted by molar-refractivity contribution is 5.73. The average molecular weight is 730 g/mol. The quantitative estimate of drug-likeness (QED) is 0.242. The van der Waals surface area contributed by atoms with Gasteiger partial charge in [-0.1, -0.05) is 20.8 Å². The third-order valence-corrected chi connectivity index (χ3v) is 12.2. The van der Waals surface area contributed by atoms with Crippen LogP contribution in [0.5, 0.6) is 0 Å². The molecular formula is C38H67NO12. The Morgan fingerprint density at radius 3 is 2.16 bits per heavy atom. The van der Waals surface area contributed by atoms with Gasteiger partial charge in [0.05, 0.1) is 35.9 Å². The van der Waals surface area contributed by atoms with Crippen LogP contribution >= 0.6 is 0 Å². The molecule has 0 aromatic carbocycles. The zero-order valence-electron chi connectivity index (χ0n) is 33.0. The number of nitrogens with zero attached hydrogens (tertiary/aromatic N) is 1. The number of aliphatic hydroxyl groups excluding tert-OH is 3. The van der Waals surface area contributed by atoms with Crippen LogP contribution in [0.15, 0.2) is 11.3 Å². The van der Waals surface area contributed by atoms with E-state index < -0.39 is 95.8 Å². The number of aliphatic hydroxyl groups is 5. The summed E-state index contributed by atoms with van der Waals surface area (Å²) in [6.07, 6.45) is -8.41. The summed E-state index contributed by atoms with van der Waals surface area (Å²) in [6, 6.07) is -0.105. The maximum Gasteiger partial charge on any atom is 0.311 e. The molecule has 0 saturated carbocycles. The first-order valence-electron chi connectivity index (χ1n) is 18.9. The summed E-state index contributed by atoms with van der Waals surface area (Å²) in [6.45, 7) is 21.6. The van der Waals surface area contributed by atoms with E-state index in [0.717, 1.165) is 5.57 Å². The van der Waals surface area contributed by atoms with Gasteiger partial charge in [0, 0.05) is 36.8 Å². The van der Waals surface area contributed by atoms with Crippen molar-refractivity contribution in [3.05, 3.63) is 11.3 Å². The standard InChI is InChI=1S/C38H67NO12/c1-14-26-38(12,45)31(41)21(6)29-19(4)16-37(11,51-29)33(50-35-28(40)25(15-20(5)46-35)39(13)18(2)3)22(7)30(23(8)34(43)48-26)49-27-17-36(10,44)32(42)24(9)47-27/h18,20-28,30-33,35,40-42,44-45H,14-17H2,1-13H3/t20-,21+,22+,23-,24+,25+,26-,27+,28-,30+,31-,32+,33-,35+,36-,37-,38-/m1/s1. The number of carbonyl (C=O) groups excluding carboxylic acids is 1. The van der Waals surface area contributed by atoms with E-state index in [0.29, 0.717) is 18.6 Å². The van der Waals surface area contributed by atoms with Crippen LogP contribution in [0.25, 0.3) is 0 Å². The van der Waals surface area contributed by atoms with Crippen molar-refractivity contribution in [1.82, 2.24) is 4.90 Å². The van der Waals surface area contributed by atoms with Crippen LogP contribution in [0.2, 0.25) is 0 Å².